The van der Waals surface area contributed by atoms with Gasteiger partial charge in [0.05, 0.1) is 6.61 Å². The van der Waals surface area contributed by atoms with Crippen molar-refractivity contribution in [1.29, 1.82) is 0 Å². The minimum atomic E-state index is 0.633. The van der Waals surface area contributed by atoms with E-state index in [9.17, 15) is 0 Å². The number of nitrogens with zero attached hydrogens (tertiary/aromatic N) is 1. The topological polar surface area (TPSA) is 22.1 Å². The molecule has 0 bridgehead atoms. The second-order valence-electron chi connectivity index (χ2n) is 2.45. The van der Waals surface area contributed by atoms with E-state index >= 15 is 0 Å². The molecular weight excluding hydrogens is 230 g/mol. The van der Waals surface area contributed by atoms with E-state index in [2.05, 4.69) is 26.8 Å². The van der Waals surface area contributed by atoms with Gasteiger partial charge in [-0.15, -0.1) is 12.3 Å². The molecule has 0 atom stereocenters. The van der Waals surface area contributed by atoms with Crippen LogP contribution in [0.5, 0.6) is 5.75 Å². The van der Waals surface area contributed by atoms with Crippen molar-refractivity contribution in [3.8, 4) is 18.1 Å². The van der Waals surface area contributed by atoms with E-state index < -0.39 is 0 Å². The third-order valence-electron chi connectivity index (χ3n) is 1.45. The minimum Gasteiger partial charge on any atom is -0.491 e. The maximum Gasteiger partial charge on any atom is 0.152 e. The van der Waals surface area contributed by atoms with E-state index in [1.54, 1.807) is 6.20 Å². The van der Waals surface area contributed by atoms with Crippen molar-refractivity contribution < 1.29 is 4.74 Å². The normalized spacial score (nSPS) is 9.23. The molecule has 0 fully saturated rings. The Morgan fingerprint density at radius 3 is 3.15 bits per heavy atom. The molecule has 0 N–H and O–H groups in total. The number of hydrogen-bond donors (Lipinski definition) is 0. The van der Waals surface area contributed by atoms with Gasteiger partial charge in [-0.05, 0) is 34.5 Å². The summed E-state index contributed by atoms with van der Waals surface area (Å²) in [6.45, 7) is 0.633. The first-order valence-corrected chi connectivity index (χ1v) is 4.80. The van der Waals surface area contributed by atoms with Gasteiger partial charge < -0.3 is 4.74 Å². The first-order valence-electron chi connectivity index (χ1n) is 4.01. The summed E-state index contributed by atoms with van der Waals surface area (Å²) in [5.74, 6) is 3.32. The molecule has 0 aromatic carbocycles. The highest BCUT2D eigenvalue weighted by atomic mass is 79.9. The summed E-state index contributed by atoms with van der Waals surface area (Å²) in [7, 11) is 0. The van der Waals surface area contributed by atoms with E-state index in [0.29, 0.717) is 6.61 Å². The highest BCUT2D eigenvalue weighted by Crippen LogP contribution is 2.20. The SMILES string of the molecule is C#CCCCOc1cccnc1Br. The molecule has 1 rings (SSSR count). The molecule has 0 radical (unpaired) electrons. The second-order valence-corrected chi connectivity index (χ2v) is 3.20. The smallest absolute Gasteiger partial charge is 0.152 e. The van der Waals surface area contributed by atoms with Crippen LogP contribution < -0.4 is 4.74 Å². The zero-order valence-corrected chi connectivity index (χ0v) is 8.75. The summed E-state index contributed by atoms with van der Waals surface area (Å²) in [6.07, 6.45) is 8.44. The molecule has 2 nitrogen and oxygen atoms in total. The lowest BCUT2D eigenvalue weighted by molar-refractivity contribution is 0.309. The summed E-state index contributed by atoms with van der Waals surface area (Å²) < 4.78 is 6.17. The van der Waals surface area contributed by atoms with Gasteiger partial charge in [0.2, 0.25) is 0 Å². The summed E-state index contributed by atoms with van der Waals surface area (Å²) in [5, 5.41) is 0. The first kappa shape index (κ1) is 10.1. The molecule has 1 heterocycles. The van der Waals surface area contributed by atoms with Crippen LogP contribution in [0.15, 0.2) is 22.9 Å². The fourth-order valence-electron chi connectivity index (χ4n) is 0.835. The standard InChI is InChI=1S/C10H10BrNO/c1-2-3-4-8-13-9-6-5-7-12-10(9)11/h1,5-7H,3-4,8H2. The molecule has 68 valence electrons. The Hall–Kier alpha value is -1.01. The third kappa shape index (κ3) is 3.47. The lowest BCUT2D eigenvalue weighted by Crippen LogP contribution is -1.97. The van der Waals surface area contributed by atoms with E-state index in [-0.39, 0.29) is 0 Å². The first-order chi connectivity index (χ1) is 6.34. The number of ether oxygens (including phenoxy) is 1. The van der Waals surface area contributed by atoms with Gasteiger partial charge in [0.1, 0.15) is 4.60 Å². The van der Waals surface area contributed by atoms with Crippen molar-refractivity contribution in [2.75, 3.05) is 6.61 Å². The quantitative estimate of drug-likeness (QED) is 0.458. The predicted octanol–water partition coefficient (Wildman–Crippen LogP) is 2.64. The lowest BCUT2D eigenvalue weighted by Gasteiger charge is -2.05. The van der Waals surface area contributed by atoms with Crippen LogP contribution >= 0.6 is 15.9 Å². The van der Waals surface area contributed by atoms with Gasteiger partial charge >= 0.3 is 0 Å². The summed E-state index contributed by atoms with van der Waals surface area (Å²) >= 11 is 3.29. The molecule has 0 aliphatic heterocycles. The maximum absolute atomic E-state index is 5.43. The molecule has 13 heavy (non-hydrogen) atoms. The van der Waals surface area contributed by atoms with Crippen LogP contribution in [0.4, 0.5) is 0 Å². The molecule has 0 saturated carbocycles. The van der Waals surface area contributed by atoms with Crippen molar-refractivity contribution >= 4 is 15.9 Å². The molecule has 1 aromatic rings. The van der Waals surface area contributed by atoms with Gasteiger partial charge in [-0.1, -0.05) is 0 Å². The Labute approximate surface area is 86.5 Å². The van der Waals surface area contributed by atoms with Gasteiger partial charge in [-0.3, -0.25) is 0 Å². The van der Waals surface area contributed by atoms with Crippen LogP contribution in [0.3, 0.4) is 0 Å². The second kappa shape index (κ2) is 5.60. The van der Waals surface area contributed by atoms with Crippen LogP contribution in [0.25, 0.3) is 0 Å². The summed E-state index contributed by atoms with van der Waals surface area (Å²) in [6, 6.07) is 3.70. The van der Waals surface area contributed by atoms with Crippen molar-refractivity contribution in [1.82, 2.24) is 4.98 Å². The van der Waals surface area contributed by atoms with Gasteiger partial charge in [0, 0.05) is 12.6 Å². The fourth-order valence-corrected chi connectivity index (χ4v) is 1.20. The maximum atomic E-state index is 5.43. The van der Waals surface area contributed by atoms with Gasteiger partial charge in [0.25, 0.3) is 0 Å². The Balaban J connectivity index is 2.37. The molecule has 0 aliphatic carbocycles. The predicted molar refractivity (Wildman–Crippen MR) is 55.5 cm³/mol. The average molecular weight is 240 g/mol. The number of halogens is 1. The van der Waals surface area contributed by atoms with E-state index in [4.69, 9.17) is 11.2 Å². The highest BCUT2D eigenvalue weighted by molar-refractivity contribution is 9.10. The van der Waals surface area contributed by atoms with Gasteiger partial charge in [-0.25, -0.2) is 4.98 Å². The molecular formula is C10H10BrNO. The molecule has 3 heteroatoms. The zero-order chi connectivity index (χ0) is 9.52. The van der Waals surface area contributed by atoms with Crippen molar-refractivity contribution in [3.05, 3.63) is 22.9 Å². The number of rotatable bonds is 4. The Morgan fingerprint density at radius 2 is 2.46 bits per heavy atom. The van der Waals surface area contributed by atoms with Crippen LogP contribution in [0.1, 0.15) is 12.8 Å². The third-order valence-corrected chi connectivity index (χ3v) is 2.04. The Bertz CT molecular complexity index is 306. The van der Waals surface area contributed by atoms with Crippen molar-refractivity contribution in [2.45, 2.75) is 12.8 Å². The summed E-state index contributed by atoms with van der Waals surface area (Å²) in [4.78, 5) is 4.03. The summed E-state index contributed by atoms with van der Waals surface area (Å²) in [5.41, 5.74) is 0. The van der Waals surface area contributed by atoms with Crippen LogP contribution in [0, 0.1) is 12.3 Å². The largest absolute Gasteiger partial charge is 0.491 e. The van der Waals surface area contributed by atoms with Crippen molar-refractivity contribution in [2.24, 2.45) is 0 Å². The molecule has 0 amide bonds. The average Bonchev–Trinajstić information content (AvgIpc) is 2.15. The monoisotopic (exact) mass is 239 g/mol. The van der Waals surface area contributed by atoms with Crippen LogP contribution in [-0.2, 0) is 0 Å². The number of hydrogen-bond acceptors (Lipinski definition) is 2. The zero-order valence-electron chi connectivity index (χ0n) is 7.16. The van der Waals surface area contributed by atoms with E-state index in [1.165, 1.54) is 0 Å². The number of unbranched alkanes of at least 4 members (excludes halogenated alkanes) is 1. The Kier molecular flexibility index (Phi) is 4.34. The highest BCUT2D eigenvalue weighted by Gasteiger charge is 1.98. The van der Waals surface area contributed by atoms with Crippen LogP contribution in [-0.4, -0.2) is 11.6 Å². The van der Waals surface area contributed by atoms with Crippen LogP contribution in [0.2, 0.25) is 0 Å². The molecule has 0 spiro atoms. The van der Waals surface area contributed by atoms with E-state index in [1.807, 2.05) is 12.1 Å². The molecule has 0 unspecified atom stereocenters. The fraction of sp³-hybridized carbons (Fsp3) is 0.300. The number of terminal acetylenes is 1. The van der Waals surface area contributed by atoms with Gasteiger partial charge in [-0.2, -0.15) is 0 Å². The molecule has 1 aromatic heterocycles. The minimum absolute atomic E-state index is 0.633. The molecule has 0 aliphatic rings. The number of pyridine rings is 1. The molecule has 0 saturated heterocycles. The number of aromatic nitrogens is 1. The lowest BCUT2D eigenvalue weighted by atomic mass is 10.3. The van der Waals surface area contributed by atoms with E-state index in [0.717, 1.165) is 23.2 Å². The Morgan fingerprint density at radius 1 is 1.62 bits per heavy atom. The van der Waals surface area contributed by atoms with Gasteiger partial charge in [0.15, 0.2) is 5.75 Å². The van der Waals surface area contributed by atoms with Crippen molar-refractivity contribution in [3.63, 3.8) is 0 Å².